The lowest BCUT2D eigenvalue weighted by Gasteiger charge is -2.22. The molecule has 0 aliphatic heterocycles. The van der Waals surface area contributed by atoms with Crippen molar-refractivity contribution in [1.29, 1.82) is 0 Å². The number of nitrogens with zero attached hydrogens (tertiary/aromatic N) is 1. The fourth-order valence-corrected chi connectivity index (χ4v) is 2.85. The van der Waals surface area contributed by atoms with Crippen molar-refractivity contribution in [2.24, 2.45) is 5.73 Å². The van der Waals surface area contributed by atoms with Crippen LogP contribution in [0.25, 0.3) is 0 Å². The Morgan fingerprint density at radius 3 is 2.53 bits per heavy atom. The molecule has 0 radical (unpaired) electrons. The molecule has 0 bridgehead atoms. The Bertz CT molecular complexity index is 465. The Hall–Kier alpha value is -0.330. The lowest BCUT2D eigenvalue weighted by atomic mass is 10.4. The first kappa shape index (κ1) is 16.7. The van der Waals surface area contributed by atoms with E-state index in [1.807, 2.05) is 0 Å². The summed E-state index contributed by atoms with van der Waals surface area (Å²) in [6, 6.07) is 5.93. The monoisotopic (exact) mass is 298 g/mol. The van der Waals surface area contributed by atoms with Crippen molar-refractivity contribution in [3.05, 3.63) is 29.3 Å². The smallest absolute Gasteiger partial charge is 0.243 e. The predicted molar refractivity (Wildman–Crippen MR) is 72.2 cm³/mol. The topological polar surface area (TPSA) is 63.4 Å². The summed E-state index contributed by atoms with van der Waals surface area (Å²) in [5.41, 5.74) is 5.45. The van der Waals surface area contributed by atoms with Gasteiger partial charge in [0.1, 0.15) is 0 Å². The van der Waals surface area contributed by atoms with Crippen molar-refractivity contribution in [2.45, 2.75) is 17.9 Å². The molecule has 1 aromatic rings. The standard InChI is InChI=1S/C10H15ClN2O2S.ClH/c1-8(7-12)13(2)16(14,15)10-5-3-4-9(11)6-10;/h3-6,8H,7,12H2,1-2H3;1H. The molecule has 1 unspecified atom stereocenters. The maximum atomic E-state index is 12.1. The average molecular weight is 299 g/mol. The number of nitrogens with two attached hydrogens (primary N) is 1. The molecule has 1 aromatic carbocycles. The first-order chi connectivity index (χ1) is 7.39. The van der Waals surface area contributed by atoms with Gasteiger partial charge in [0.2, 0.25) is 10.0 Å². The van der Waals surface area contributed by atoms with Crippen molar-refractivity contribution in [3.63, 3.8) is 0 Å². The van der Waals surface area contributed by atoms with Crippen LogP contribution in [0, 0.1) is 0 Å². The molecule has 2 N–H and O–H groups in total. The minimum Gasteiger partial charge on any atom is -0.329 e. The molecule has 0 fully saturated rings. The summed E-state index contributed by atoms with van der Waals surface area (Å²) in [4.78, 5) is 0.183. The van der Waals surface area contributed by atoms with Crippen LogP contribution >= 0.6 is 24.0 Å². The third-order valence-corrected chi connectivity index (χ3v) is 4.64. The minimum absolute atomic E-state index is 0. The van der Waals surface area contributed by atoms with E-state index in [1.165, 1.54) is 23.5 Å². The highest BCUT2D eigenvalue weighted by atomic mass is 35.5. The van der Waals surface area contributed by atoms with Gasteiger partial charge in [-0.1, -0.05) is 17.7 Å². The Kier molecular flexibility index (Phi) is 6.43. The molecule has 4 nitrogen and oxygen atoms in total. The van der Waals surface area contributed by atoms with Gasteiger partial charge in [0.25, 0.3) is 0 Å². The Morgan fingerprint density at radius 2 is 2.06 bits per heavy atom. The van der Waals surface area contributed by atoms with Crippen molar-refractivity contribution < 1.29 is 8.42 Å². The summed E-state index contributed by atoms with van der Waals surface area (Å²) < 4.78 is 25.4. The minimum atomic E-state index is -3.50. The van der Waals surface area contributed by atoms with E-state index in [2.05, 4.69) is 0 Å². The molecule has 0 saturated carbocycles. The van der Waals surface area contributed by atoms with Gasteiger partial charge in [0, 0.05) is 24.7 Å². The van der Waals surface area contributed by atoms with Gasteiger partial charge < -0.3 is 5.73 Å². The van der Waals surface area contributed by atoms with E-state index in [0.717, 1.165) is 0 Å². The van der Waals surface area contributed by atoms with Crippen LogP contribution in [0.5, 0.6) is 0 Å². The lowest BCUT2D eigenvalue weighted by molar-refractivity contribution is 0.394. The van der Waals surface area contributed by atoms with Crippen LogP contribution in [-0.2, 0) is 10.0 Å². The summed E-state index contributed by atoms with van der Waals surface area (Å²) in [5.74, 6) is 0. The highest BCUT2D eigenvalue weighted by Crippen LogP contribution is 2.19. The number of likely N-dealkylation sites (N-methyl/N-ethyl adjacent to an activating group) is 1. The highest BCUT2D eigenvalue weighted by molar-refractivity contribution is 7.89. The molecule has 0 heterocycles. The predicted octanol–water partition coefficient (Wildman–Crippen LogP) is 1.73. The summed E-state index contributed by atoms with van der Waals surface area (Å²) in [6.45, 7) is 2.03. The van der Waals surface area contributed by atoms with Crippen molar-refractivity contribution in [3.8, 4) is 0 Å². The van der Waals surface area contributed by atoms with E-state index in [1.54, 1.807) is 19.1 Å². The first-order valence-corrected chi connectivity index (χ1v) is 6.65. The molecule has 17 heavy (non-hydrogen) atoms. The Balaban J connectivity index is 0.00000256. The fraction of sp³-hybridized carbons (Fsp3) is 0.400. The van der Waals surface area contributed by atoms with Gasteiger partial charge >= 0.3 is 0 Å². The van der Waals surface area contributed by atoms with Gasteiger partial charge in [0.05, 0.1) is 4.90 Å². The zero-order valence-electron chi connectivity index (χ0n) is 9.63. The molecular weight excluding hydrogens is 283 g/mol. The van der Waals surface area contributed by atoms with Crippen LogP contribution in [0.15, 0.2) is 29.2 Å². The molecule has 0 aliphatic rings. The van der Waals surface area contributed by atoms with Gasteiger partial charge in [-0.2, -0.15) is 4.31 Å². The summed E-state index contributed by atoms with van der Waals surface area (Å²) in [7, 11) is -2.00. The number of halogens is 2. The second-order valence-corrected chi connectivity index (χ2v) is 6.00. The van der Waals surface area contributed by atoms with E-state index in [4.69, 9.17) is 17.3 Å². The zero-order chi connectivity index (χ0) is 12.3. The number of hydrogen-bond acceptors (Lipinski definition) is 3. The summed E-state index contributed by atoms with van der Waals surface area (Å²) in [5, 5.41) is 0.398. The largest absolute Gasteiger partial charge is 0.329 e. The first-order valence-electron chi connectivity index (χ1n) is 4.83. The van der Waals surface area contributed by atoms with Crippen LogP contribution in [0.4, 0.5) is 0 Å². The van der Waals surface area contributed by atoms with E-state index in [9.17, 15) is 8.42 Å². The maximum Gasteiger partial charge on any atom is 0.243 e. The van der Waals surface area contributed by atoms with Crippen LogP contribution in [0.1, 0.15) is 6.92 Å². The maximum absolute atomic E-state index is 12.1. The number of benzene rings is 1. The molecule has 0 amide bonds. The van der Waals surface area contributed by atoms with Gasteiger partial charge in [-0.15, -0.1) is 12.4 Å². The van der Waals surface area contributed by atoms with Crippen molar-refractivity contribution in [2.75, 3.05) is 13.6 Å². The van der Waals surface area contributed by atoms with Gasteiger partial charge in [-0.25, -0.2) is 8.42 Å². The van der Waals surface area contributed by atoms with Crippen LogP contribution in [0.2, 0.25) is 5.02 Å². The molecule has 0 saturated heterocycles. The number of hydrogen-bond donors (Lipinski definition) is 1. The Morgan fingerprint density at radius 1 is 1.47 bits per heavy atom. The zero-order valence-corrected chi connectivity index (χ0v) is 12.0. The number of rotatable bonds is 4. The SMILES string of the molecule is CC(CN)N(C)S(=O)(=O)c1cccc(Cl)c1.Cl. The summed E-state index contributed by atoms with van der Waals surface area (Å²) >= 11 is 5.76. The molecule has 0 aromatic heterocycles. The van der Waals surface area contributed by atoms with E-state index in [0.29, 0.717) is 5.02 Å². The second-order valence-electron chi connectivity index (χ2n) is 3.56. The quantitative estimate of drug-likeness (QED) is 0.921. The fourth-order valence-electron chi connectivity index (χ4n) is 1.18. The second kappa shape index (κ2) is 6.56. The van der Waals surface area contributed by atoms with E-state index < -0.39 is 10.0 Å². The van der Waals surface area contributed by atoms with Gasteiger partial charge in [-0.05, 0) is 25.1 Å². The van der Waals surface area contributed by atoms with E-state index >= 15 is 0 Å². The van der Waals surface area contributed by atoms with E-state index in [-0.39, 0.29) is 29.9 Å². The van der Waals surface area contributed by atoms with Crippen LogP contribution in [-0.4, -0.2) is 32.4 Å². The van der Waals surface area contributed by atoms with Gasteiger partial charge in [-0.3, -0.25) is 0 Å². The molecule has 7 heteroatoms. The lowest BCUT2D eigenvalue weighted by Crippen LogP contribution is -2.39. The van der Waals surface area contributed by atoms with Gasteiger partial charge in [0.15, 0.2) is 0 Å². The van der Waals surface area contributed by atoms with Crippen molar-refractivity contribution in [1.82, 2.24) is 4.31 Å². The molecule has 98 valence electrons. The van der Waals surface area contributed by atoms with Crippen LogP contribution in [0.3, 0.4) is 0 Å². The van der Waals surface area contributed by atoms with Crippen molar-refractivity contribution >= 4 is 34.0 Å². The summed E-state index contributed by atoms with van der Waals surface area (Å²) in [6.07, 6.45) is 0. The third kappa shape index (κ3) is 3.82. The number of sulfonamides is 1. The molecule has 0 spiro atoms. The Labute approximate surface area is 113 Å². The molecule has 1 atom stereocenters. The molecule has 0 aliphatic carbocycles. The normalized spacial score (nSPS) is 13.2. The molecule has 1 rings (SSSR count). The highest BCUT2D eigenvalue weighted by Gasteiger charge is 2.24. The average Bonchev–Trinajstić information content (AvgIpc) is 2.27. The third-order valence-electron chi connectivity index (χ3n) is 2.43. The molecular formula is C10H16Cl2N2O2S. The van der Waals surface area contributed by atoms with Crippen LogP contribution < -0.4 is 5.73 Å².